The Morgan fingerprint density at radius 1 is 0.860 bits per heavy atom. The highest BCUT2D eigenvalue weighted by Crippen LogP contribution is 2.62. The van der Waals surface area contributed by atoms with Gasteiger partial charge in [-0.2, -0.15) is 0 Å². The Kier molecular flexibility index (Phi) is 6.36. The number of carbonyl (C=O) groups is 3. The van der Waals surface area contributed by atoms with Gasteiger partial charge in [-0.05, 0) is 59.2 Å². The molecule has 0 aromatic heterocycles. The number of carbonyl (C=O) groups excluding carboxylic acids is 3. The average Bonchev–Trinajstić information content (AvgIpc) is 3.52. The number of nitrogens with one attached hydrogen (secondary N) is 1. The van der Waals surface area contributed by atoms with Gasteiger partial charge in [0.2, 0.25) is 5.91 Å². The molecule has 7 nitrogen and oxygen atoms in total. The summed E-state index contributed by atoms with van der Waals surface area (Å²) in [4.78, 5) is 46.1. The van der Waals surface area contributed by atoms with Gasteiger partial charge in [-0.25, -0.2) is 0 Å². The van der Waals surface area contributed by atoms with E-state index in [0.717, 1.165) is 11.1 Å². The van der Waals surface area contributed by atoms with Crippen LogP contribution in [0.2, 0.25) is 5.02 Å². The number of nitrogens with zero attached hydrogens (tertiary/aromatic N) is 1. The van der Waals surface area contributed by atoms with Gasteiger partial charge in [0, 0.05) is 23.0 Å². The maximum Gasteiger partial charge on any atom is 0.238 e. The number of fused-ring (bicyclic) bond motifs is 6. The Balaban J connectivity index is 1.53. The standard InChI is InChI=1S/C35H27ClN2O5/c1-42-27-16-15-21(19-28(27)43-2)31(39)30-29(32(40)23-11-5-7-13-25(23)36)35(24-12-6-8-14-26(24)37-34(35)41)33-22-10-4-3-9-20(22)17-18-38(30)33/h3-19,29-30,33H,1-2H3,(H,37,41)/t29-,30+,33+,35-/m1/s1. The van der Waals surface area contributed by atoms with Gasteiger partial charge in [0.25, 0.3) is 0 Å². The Morgan fingerprint density at radius 3 is 2.37 bits per heavy atom. The molecular formula is C35H27ClN2O5. The first-order chi connectivity index (χ1) is 20.9. The van der Waals surface area contributed by atoms with Crippen LogP contribution in [0, 0.1) is 5.92 Å². The normalized spacial score (nSPS) is 22.9. The molecule has 4 aromatic carbocycles. The van der Waals surface area contributed by atoms with E-state index in [-0.39, 0.29) is 28.1 Å². The van der Waals surface area contributed by atoms with Gasteiger partial charge in [-0.3, -0.25) is 14.4 Å². The second-order valence-corrected chi connectivity index (χ2v) is 11.3. The number of ether oxygens (including phenoxy) is 2. The number of rotatable bonds is 6. The zero-order valence-corrected chi connectivity index (χ0v) is 24.2. The predicted molar refractivity (Wildman–Crippen MR) is 164 cm³/mol. The molecule has 1 amide bonds. The van der Waals surface area contributed by atoms with Crippen LogP contribution in [0.4, 0.5) is 5.69 Å². The van der Waals surface area contributed by atoms with Crippen molar-refractivity contribution in [2.45, 2.75) is 17.5 Å². The lowest BCUT2D eigenvalue weighted by molar-refractivity contribution is -0.122. The Hall–Kier alpha value is -4.88. The molecule has 7 rings (SSSR count). The summed E-state index contributed by atoms with van der Waals surface area (Å²) in [5.74, 6) is -1.31. The summed E-state index contributed by atoms with van der Waals surface area (Å²) in [5.41, 5.74) is 2.22. The number of ketones is 2. The van der Waals surface area contributed by atoms with E-state index in [1.54, 1.807) is 42.5 Å². The topological polar surface area (TPSA) is 84.9 Å². The number of hydrogen-bond donors (Lipinski definition) is 1. The molecule has 0 aliphatic carbocycles. The number of halogens is 1. The molecule has 214 valence electrons. The van der Waals surface area contributed by atoms with E-state index in [1.165, 1.54) is 14.2 Å². The van der Waals surface area contributed by atoms with E-state index in [4.69, 9.17) is 21.1 Å². The molecule has 3 heterocycles. The molecule has 0 saturated carbocycles. The number of amides is 1. The van der Waals surface area contributed by atoms with Crippen LogP contribution >= 0.6 is 11.6 Å². The Labute approximate surface area is 253 Å². The van der Waals surface area contributed by atoms with Crippen LogP contribution in [0.1, 0.15) is 43.4 Å². The summed E-state index contributed by atoms with van der Waals surface area (Å²) in [6.45, 7) is 0. The molecule has 3 aliphatic rings. The van der Waals surface area contributed by atoms with Crippen molar-refractivity contribution >= 4 is 40.8 Å². The van der Waals surface area contributed by atoms with Crippen molar-refractivity contribution in [3.8, 4) is 11.5 Å². The molecule has 1 N–H and O–H groups in total. The molecule has 8 heteroatoms. The molecule has 0 bridgehead atoms. The highest BCUT2D eigenvalue weighted by atomic mass is 35.5. The smallest absolute Gasteiger partial charge is 0.238 e. The summed E-state index contributed by atoms with van der Waals surface area (Å²) >= 11 is 6.62. The largest absolute Gasteiger partial charge is 0.493 e. The maximum atomic E-state index is 14.9. The molecule has 4 atom stereocenters. The van der Waals surface area contributed by atoms with Gasteiger partial charge < -0.3 is 19.7 Å². The van der Waals surface area contributed by atoms with Crippen LogP contribution in [0.3, 0.4) is 0 Å². The predicted octanol–water partition coefficient (Wildman–Crippen LogP) is 6.34. The van der Waals surface area contributed by atoms with E-state index < -0.39 is 23.4 Å². The first-order valence-electron chi connectivity index (χ1n) is 13.9. The van der Waals surface area contributed by atoms with E-state index in [0.29, 0.717) is 28.3 Å². The summed E-state index contributed by atoms with van der Waals surface area (Å²) in [7, 11) is 3.02. The molecule has 3 aliphatic heterocycles. The molecule has 0 radical (unpaired) electrons. The molecule has 1 fully saturated rings. The fourth-order valence-electron chi connectivity index (χ4n) is 7.16. The van der Waals surface area contributed by atoms with Crippen LogP contribution in [0.25, 0.3) is 6.08 Å². The lowest BCUT2D eigenvalue weighted by Gasteiger charge is -2.38. The van der Waals surface area contributed by atoms with E-state index in [9.17, 15) is 14.4 Å². The quantitative estimate of drug-likeness (QED) is 0.264. The minimum absolute atomic E-state index is 0.257. The number of anilines is 1. The monoisotopic (exact) mass is 590 g/mol. The van der Waals surface area contributed by atoms with Crippen LogP contribution in [0.15, 0.2) is 97.2 Å². The van der Waals surface area contributed by atoms with Gasteiger partial charge in [0.15, 0.2) is 23.1 Å². The summed E-state index contributed by atoms with van der Waals surface area (Å²) in [5, 5.41) is 3.31. The van der Waals surface area contributed by atoms with E-state index in [1.807, 2.05) is 65.7 Å². The first-order valence-corrected chi connectivity index (χ1v) is 14.3. The van der Waals surface area contributed by atoms with Gasteiger partial charge in [0.1, 0.15) is 11.5 Å². The minimum atomic E-state index is -1.44. The third-order valence-electron chi connectivity index (χ3n) is 8.93. The fourth-order valence-corrected chi connectivity index (χ4v) is 7.39. The number of hydrogen-bond acceptors (Lipinski definition) is 6. The Morgan fingerprint density at radius 2 is 1.58 bits per heavy atom. The van der Waals surface area contributed by atoms with Crippen LogP contribution in [0.5, 0.6) is 11.5 Å². The molecule has 0 unspecified atom stereocenters. The summed E-state index contributed by atoms with van der Waals surface area (Å²) < 4.78 is 10.9. The minimum Gasteiger partial charge on any atom is -0.493 e. The van der Waals surface area contributed by atoms with E-state index in [2.05, 4.69) is 5.32 Å². The highest BCUT2D eigenvalue weighted by Gasteiger charge is 2.70. The van der Waals surface area contributed by atoms with Crippen molar-refractivity contribution < 1.29 is 23.9 Å². The summed E-state index contributed by atoms with van der Waals surface area (Å²) in [6, 6.07) is 25.2. The third-order valence-corrected chi connectivity index (χ3v) is 9.26. The SMILES string of the molecule is COc1ccc(C(=O)[C@@H]2[C@H](C(=O)c3ccccc3Cl)[C@@]3(C(=O)Nc4ccccc43)[C@@H]3c4ccccc4C=CN23)cc1OC. The lowest BCUT2D eigenvalue weighted by atomic mass is 9.62. The first kappa shape index (κ1) is 27.0. The van der Waals surface area contributed by atoms with Crippen molar-refractivity contribution in [1.82, 2.24) is 4.90 Å². The second-order valence-electron chi connectivity index (χ2n) is 10.9. The van der Waals surface area contributed by atoms with Gasteiger partial charge in [0.05, 0.1) is 31.2 Å². The molecule has 1 spiro atoms. The molecule has 1 saturated heterocycles. The fraction of sp³-hybridized carbons (Fsp3) is 0.171. The van der Waals surface area contributed by atoms with Crippen molar-refractivity contribution in [2.75, 3.05) is 19.5 Å². The number of benzene rings is 4. The van der Waals surface area contributed by atoms with Crippen molar-refractivity contribution in [2.24, 2.45) is 5.92 Å². The number of methoxy groups -OCH3 is 2. The van der Waals surface area contributed by atoms with Crippen LogP contribution in [-0.2, 0) is 10.2 Å². The second kappa shape index (κ2) is 10.1. The van der Waals surface area contributed by atoms with E-state index >= 15 is 0 Å². The highest BCUT2D eigenvalue weighted by molar-refractivity contribution is 6.34. The number of para-hydroxylation sites is 1. The molecule has 4 aromatic rings. The van der Waals surface area contributed by atoms with Gasteiger partial charge >= 0.3 is 0 Å². The van der Waals surface area contributed by atoms with Crippen molar-refractivity contribution in [1.29, 1.82) is 0 Å². The molecular weight excluding hydrogens is 564 g/mol. The third kappa shape index (κ3) is 3.78. The Bertz CT molecular complexity index is 1850. The number of Topliss-reactive ketones (excluding diaryl/α,β-unsaturated/α-hetero) is 2. The lowest BCUT2D eigenvalue weighted by Crippen LogP contribution is -2.49. The maximum absolute atomic E-state index is 14.9. The van der Waals surface area contributed by atoms with Crippen LogP contribution in [-0.4, -0.2) is 42.6 Å². The van der Waals surface area contributed by atoms with Crippen LogP contribution < -0.4 is 14.8 Å². The zero-order valence-electron chi connectivity index (χ0n) is 23.4. The van der Waals surface area contributed by atoms with Crippen molar-refractivity contribution in [3.05, 3.63) is 130 Å². The van der Waals surface area contributed by atoms with Gasteiger partial charge in [-0.1, -0.05) is 66.2 Å². The summed E-state index contributed by atoms with van der Waals surface area (Å²) in [6.07, 6.45) is 3.77. The van der Waals surface area contributed by atoms with Gasteiger partial charge in [-0.15, -0.1) is 0 Å². The molecule has 43 heavy (non-hydrogen) atoms. The zero-order chi connectivity index (χ0) is 29.9. The van der Waals surface area contributed by atoms with Crippen molar-refractivity contribution in [3.63, 3.8) is 0 Å². The average molecular weight is 591 g/mol.